The minimum absolute atomic E-state index is 1.11. The highest BCUT2D eigenvalue weighted by molar-refractivity contribution is 6.37. The Hall–Kier alpha value is -8.26. The topological polar surface area (TPSA) is 3.24 Å². The van der Waals surface area contributed by atoms with E-state index in [1.807, 2.05) is 0 Å². The summed E-state index contributed by atoms with van der Waals surface area (Å²) in [6.07, 6.45) is 0. The van der Waals surface area contributed by atoms with E-state index < -0.39 is 0 Å². The Morgan fingerprint density at radius 3 is 1.25 bits per heavy atom. The highest BCUT2D eigenvalue weighted by Gasteiger charge is 2.22. The van der Waals surface area contributed by atoms with Crippen molar-refractivity contribution in [3.05, 3.63) is 224 Å². The molecule has 63 heavy (non-hydrogen) atoms. The van der Waals surface area contributed by atoms with Gasteiger partial charge in [-0.3, -0.25) is 0 Å². The molecular formula is C62H37N. The van der Waals surface area contributed by atoms with Crippen LogP contribution in [0, 0.1) is 0 Å². The number of benzene rings is 13. The molecule has 290 valence electrons. The summed E-state index contributed by atoms with van der Waals surface area (Å²) in [6, 6.07) is 84.0. The first kappa shape index (κ1) is 34.5. The van der Waals surface area contributed by atoms with E-state index in [0.717, 1.165) is 17.1 Å². The van der Waals surface area contributed by atoms with Crippen LogP contribution in [0.1, 0.15) is 0 Å². The van der Waals surface area contributed by atoms with Crippen molar-refractivity contribution >= 4 is 125 Å². The highest BCUT2D eigenvalue weighted by Crippen LogP contribution is 2.48. The first-order chi connectivity index (χ1) is 31.2. The van der Waals surface area contributed by atoms with Gasteiger partial charge in [0.25, 0.3) is 0 Å². The number of fused-ring (bicyclic) bond motifs is 8. The van der Waals surface area contributed by atoms with Gasteiger partial charge >= 0.3 is 0 Å². The Balaban J connectivity index is 1.10. The summed E-state index contributed by atoms with van der Waals surface area (Å²) in [5, 5.41) is 25.3. The molecule has 1 heteroatoms. The summed E-state index contributed by atoms with van der Waals surface area (Å²) in [6.45, 7) is 0. The summed E-state index contributed by atoms with van der Waals surface area (Å²) >= 11 is 0. The zero-order chi connectivity index (χ0) is 41.2. The van der Waals surface area contributed by atoms with Crippen LogP contribution in [0.4, 0.5) is 17.1 Å². The fourth-order valence-electron chi connectivity index (χ4n) is 11.1. The van der Waals surface area contributed by atoms with Crippen molar-refractivity contribution in [2.75, 3.05) is 4.90 Å². The van der Waals surface area contributed by atoms with Gasteiger partial charge < -0.3 is 4.90 Å². The van der Waals surface area contributed by atoms with E-state index in [-0.39, 0.29) is 0 Å². The largest absolute Gasteiger partial charge is 0.310 e. The maximum Gasteiger partial charge on any atom is 0.0546 e. The maximum absolute atomic E-state index is 2.51. The van der Waals surface area contributed by atoms with E-state index in [4.69, 9.17) is 0 Å². The molecule has 0 spiro atoms. The third-order valence-electron chi connectivity index (χ3n) is 13.9. The van der Waals surface area contributed by atoms with Gasteiger partial charge in [0.2, 0.25) is 0 Å². The van der Waals surface area contributed by atoms with Crippen LogP contribution in [0.5, 0.6) is 0 Å². The minimum Gasteiger partial charge on any atom is -0.310 e. The quantitative estimate of drug-likeness (QED) is 0.160. The third kappa shape index (κ3) is 4.99. The van der Waals surface area contributed by atoms with Gasteiger partial charge in [0, 0.05) is 16.8 Å². The highest BCUT2D eigenvalue weighted by atomic mass is 15.1. The molecule has 0 bridgehead atoms. The molecule has 0 aliphatic heterocycles. The average Bonchev–Trinajstić information content (AvgIpc) is 3.35. The van der Waals surface area contributed by atoms with Crippen LogP contribution in [-0.2, 0) is 0 Å². The molecule has 0 atom stereocenters. The number of hydrogen-bond acceptors (Lipinski definition) is 1. The lowest BCUT2D eigenvalue weighted by atomic mass is 9.87. The Morgan fingerprint density at radius 2 is 0.651 bits per heavy atom. The first-order valence-electron chi connectivity index (χ1n) is 21.9. The molecular weight excluding hydrogens is 759 g/mol. The van der Waals surface area contributed by atoms with Crippen molar-refractivity contribution in [2.24, 2.45) is 0 Å². The van der Waals surface area contributed by atoms with Gasteiger partial charge in [0.1, 0.15) is 0 Å². The molecule has 0 aromatic heterocycles. The number of anilines is 3. The lowest BCUT2D eigenvalue weighted by Crippen LogP contribution is -2.11. The predicted molar refractivity (Wildman–Crippen MR) is 273 cm³/mol. The molecule has 0 heterocycles. The van der Waals surface area contributed by atoms with E-state index >= 15 is 0 Å². The van der Waals surface area contributed by atoms with Crippen LogP contribution in [-0.4, -0.2) is 0 Å². The Morgan fingerprint density at radius 1 is 0.222 bits per heavy atom. The molecule has 0 saturated heterocycles. The summed E-state index contributed by atoms with van der Waals surface area (Å²) in [5.74, 6) is 0. The lowest BCUT2D eigenvalue weighted by molar-refractivity contribution is 1.31. The van der Waals surface area contributed by atoms with Crippen LogP contribution < -0.4 is 4.90 Å². The van der Waals surface area contributed by atoms with Gasteiger partial charge in [-0.15, -0.1) is 0 Å². The SMILES string of the molecule is c1ccc2c(c1)cc(-c1ccc(N(c3cc4ccc5cccc6c7cccc8ccc9cccc(c(c3)c4c56)c9c87)c3cc4ccccc4c4ccccc34)cc1)c1ccccc12. The second-order valence-corrected chi connectivity index (χ2v) is 17.2. The second-order valence-electron chi connectivity index (χ2n) is 17.2. The molecule has 0 fully saturated rings. The van der Waals surface area contributed by atoms with Gasteiger partial charge in [0.15, 0.2) is 0 Å². The number of rotatable bonds is 4. The third-order valence-corrected chi connectivity index (χ3v) is 13.9. The smallest absolute Gasteiger partial charge is 0.0546 e. The van der Waals surface area contributed by atoms with Crippen molar-refractivity contribution in [3.63, 3.8) is 0 Å². The van der Waals surface area contributed by atoms with Crippen LogP contribution in [0.25, 0.3) is 119 Å². The molecule has 0 aliphatic rings. The summed E-state index contributed by atoms with van der Waals surface area (Å²) in [4.78, 5) is 2.51. The second kappa shape index (κ2) is 13.1. The average molecular weight is 796 g/mol. The van der Waals surface area contributed by atoms with Crippen molar-refractivity contribution in [3.8, 4) is 11.1 Å². The number of hydrogen-bond donors (Lipinski definition) is 0. The number of nitrogens with zero attached hydrogens (tertiary/aromatic N) is 1. The predicted octanol–water partition coefficient (Wildman–Crippen LogP) is 17.8. The monoisotopic (exact) mass is 795 g/mol. The fraction of sp³-hybridized carbons (Fsp3) is 0. The summed E-state index contributed by atoms with van der Waals surface area (Å²) in [5.41, 5.74) is 5.82. The van der Waals surface area contributed by atoms with Crippen LogP contribution in [0.15, 0.2) is 224 Å². The Bertz CT molecular complexity index is 4190. The minimum atomic E-state index is 1.11. The maximum atomic E-state index is 2.51. The van der Waals surface area contributed by atoms with Crippen LogP contribution in [0.3, 0.4) is 0 Å². The molecule has 14 aromatic carbocycles. The molecule has 14 aromatic rings. The van der Waals surface area contributed by atoms with E-state index in [0.29, 0.717) is 0 Å². The van der Waals surface area contributed by atoms with Crippen molar-refractivity contribution < 1.29 is 0 Å². The van der Waals surface area contributed by atoms with Gasteiger partial charge in [0.05, 0.1) is 5.69 Å². The lowest BCUT2D eigenvalue weighted by Gasteiger charge is -2.29. The molecule has 0 N–H and O–H groups in total. The van der Waals surface area contributed by atoms with E-state index in [1.165, 1.54) is 119 Å². The molecule has 0 radical (unpaired) electrons. The van der Waals surface area contributed by atoms with E-state index in [2.05, 4.69) is 229 Å². The standard InChI is InChI=1S/C62H37N/c1-3-17-47-42(12-1)35-56(51-21-6-5-19-49(47)51)38-30-32-45(33-31-38)63(58-36-43-13-2-4-18-48(43)50-20-7-8-22-52(50)58)46-34-44-29-28-41-15-10-24-54-53-23-9-14-39-26-27-40-16-11-25-55(61(40)59(39)53)57(37-46)62(44)60(41)54/h1-37H. The van der Waals surface area contributed by atoms with Crippen molar-refractivity contribution in [1.82, 2.24) is 0 Å². The zero-order valence-electron chi connectivity index (χ0n) is 34.3. The van der Waals surface area contributed by atoms with Crippen LogP contribution >= 0.6 is 0 Å². The van der Waals surface area contributed by atoms with Gasteiger partial charge in [-0.25, -0.2) is 0 Å². The molecule has 0 amide bonds. The Labute approximate surface area is 363 Å². The van der Waals surface area contributed by atoms with E-state index in [9.17, 15) is 0 Å². The molecule has 0 saturated carbocycles. The first-order valence-corrected chi connectivity index (χ1v) is 21.9. The Kier molecular flexibility index (Phi) is 7.17. The molecule has 0 unspecified atom stereocenters. The molecule has 0 aliphatic carbocycles. The van der Waals surface area contributed by atoms with E-state index in [1.54, 1.807) is 0 Å². The molecule has 1 nitrogen and oxygen atoms in total. The zero-order valence-corrected chi connectivity index (χ0v) is 34.3. The van der Waals surface area contributed by atoms with Crippen molar-refractivity contribution in [2.45, 2.75) is 0 Å². The van der Waals surface area contributed by atoms with Gasteiger partial charge in [-0.1, -0.05) is 188 Å². The summed E-state index contributed by atoms with van der Waals surface area (Å²) in [7, 11) is 0. The van der Waals surface area contributed by atoms with Gasteiger partial charge in [-0.2, -0.15) is 0 Å². The summed E-state index contributed by atoms with van der Waals surface area (Å²) < 4.78 is 0. The molecule has 14 rings (SSSR count). The normalized spacial score (nSPS) is 12.1. The fourth-order valence-corrected chi connectivity index (χ4v) is 11.1. The van der Waals surface area contributed by atoms with Gasteiger partial charge in [-0.05, 0) is 150 Å². The van der Waals surface area contributed by atoms with Crippen LogP contribution in [0.2, 0.25) is 0 Å². The van der Waals surface area contributed by atoms with Crippen molar-refractivity contribution in [1.29, 1.82) is 0 Å².